The van der Waals surface area contributed by atoms with Crippen LogP contribution in [0.1, 0.15) is 16.7 Å². The maximum atomic E-state index is 14.4. The number of H-pyrrole nitrogens is 1. The van der Waals surface area contributed by atoms with E-state index in [4.69, 9.17) is 4.74 Å². The first-order chi connectivity index (χ1) is 16.9. The summed E-state index contributed by atoms with van der Waals surface area (Å²) >= 11 is 0. The molecule has 0 amide bonds. The average molecular weight is 475 g/mol. The molecule has 0 radical (unpaired) electrons. The van der Waals surface area contributed by atoms with E-state index in [0.717, 1.165) is 24.3 Å². The zero-order valence-electron chi connectivity index (χ0n) is 17.9. The van der Waals surface area contributed by atoms with Crippen LogP contribution in [0.2, 0.25) is 0 Å². The second-order valence-corrected chi connectivity index (χ2v) is 7.24. The molecular weight excluding hydrogens is 459 g/mol. The Morgan fingerprint density at radius 2 is 1.80 bits per heavy atom. The highest BCUT2D eigenvalue weighted by Gasteiger charge is 2.13. The molecule has 35 heavy (non-hydrogen) atoms. The Bertz CT molecular complexity index is 1480. The third-order valence-electron chi connectivity index (χ3n) is 4.74. The van der Waals surface area contributed by atoms with Crippen molar-refractivity contribution in [3.05, 3.63) is 111 Å². The molecule has 0 aliphatic heterocycles. The summed E-state index contributed by atoms with van der Waals surface area (Å²) in [7, 11) is 0. The normalized spacial score (nSPS) is 10.8. The molecule has 4 rings (SSSR count). The first-order valence-corrected chi connectivity index (χ1v) is 10.2. The van der Waals surface area contributed by atoms with Gasteiger partial charge in [-0.1, -0.05) is 30.3 Å². The minimum atomic E-state index is -0.753. The molecule has 0 unspecified atom stereocenters. The number of nitrogens with zero attached hydrogens (tertiary/aromatic N) is 3. The molecule has 10 heteroatoms. The van der Waals surface area contributed by atoms with Crippen LogP contribution >= 0.6 is 0 Å². The number of ether oxygens (including phenoxy) is 1. The smallest absolute Gasteiger partial charge is 0.270 e. The molecule has 1 aromatic heterocycles. The maximum Gasteiger partial charge on any atom is 0.270 e. The fourth-order valence-corrected chi connectivity index (χ4v) is 3.17. The van der Waals surface area contributed by atoms with E-state index >= 15 is 0 Å². The monoisotopic (exact) mass is 475 g/mol. The highest BCUT2D eigenvalue weighted by atomic mass is 19.1. The number of benzene rings is 3. The van der Waals surface area contributed by atoms with Gasteiger partial charge in [-0.3, -0.25) is 9.78 Å². The van der Waals surface area contributed by atoms with Crippen molar-refractivity contribution in [2.45, 2.75) is 6.61 Å². The highest BCUT2D eigenvalue weighted by Crippen LogP contribution is 2.21. The predicted molar refractivity (Wildman–Crippen MR) is 123 cm³/mol. The first kappa shape index (κ1) is 23.3. The number of nitriles is 1. The van der Waals surface area contributed by atoms with Gasteiger partial charge in [0.05, 0.1) is 11.9 Å². The van der Waals surface area contributed by atoms with Gasteiger partial charge in [0.2, 0.25) is 5.95 Å². The summed E-state index contributed by atoms with van der Waals surface area (Å²) in [5, 5.41) is 13.3. The molecule has 3 aromatic carbocycles. The van der Waals surface area contributed by atoms with Gasteiger partial charge in [-0.2, -0.15) is 10.4 Å². The zero-order chi connectivity index (χ0) is 24.8. The van der Waals surface area contributed by atoms with E-state index in [1.165, 1.54) is 18.3 Å². The lowest BCUT2D eigenvalue weighted by atomic mass is 10.1. The topological polar surface area (TPSA) is 103 Å². The molecule has 7 nitrogen and oxygen atoms in total. The molecule has 0 fully saturated rings. The van der Waals surface area contributed by atoms with Crippen molar-refractivity contribution in [2.75, 3.05) is 5.43 Å². The van der Waals surface area contributed by atoms with Crippen molar-refractivity contribution < 1.29 is 17.9 Å². The van der Waals surface area contributed by atoms with Gasteiger partial charge in [-0.05, 0) is 41.5 Å². The third-order valence-corrected chi connectivity index (χ3v) is 4.74. The van der Waals surface area contributed by atoms with Gasteiger partial charge >= 0.3 is 0 Å². The van der Waals surface area contributed by atoms with Gasteiger partial charge in [-0.15, -0.1) is 0 Å². The van der Waals surface area contributed by atoms with Gasteiger partial charge in [-0.25, -0.2) is 23.6 Å². The minimum Gasteiger partial charge on any atom is -0.486 e. The van der Waals surface area contributed by atoms with Crippen molar-refractivity contribution in [1.29, 1.82) is 5.26 Å². The van der Waals surface area contributed by atoms with E-state index in [9.17, 15) is 23.2 Å². The van der Waals surface area contributed by atoms with E-state index in [0.29, 0.717) is 11.1 Å². The van der Waals surface area contributed by atoms with Crippen LogP contribution in [0, 0.1) is 28.8 Å². The number of hydrogen-bond donors (Lipinski definition) is 2. The van der Waals surface area contributed by atoms with Crippen molar-refractivity contribution in [1.82, 2.24) is 9.97 Å². The number of rotatable bonds is 7. The Morgan fingerprint density at radius 1 is 1.06 bits per heavy atom. The summed E-state index contributed by atoms with van der Waals surface area (Å²) in [5.41, 5.74) is 3.14. The minimum absolute atomic E-state index is 0.00754. The van der Waals surface area contributed by atoms with E-state index < -0.39 is 23.0 Å². The second-order valence-electron chi connectivity index (χ2n) is 7.24. The number of halogens is 3. The van der Waals surface area contributed by atoms with Crippen molar-refractivity contribution >= 4 is 12.2 Å². The molecule has 0 aliphatic rings. The quantitative estimate of drug-likeness (QED) is 0.297. The maximum absolute atomic E-state index is 14.4. The van der Waals surface area contributed by atoms with Crippen LogP contribution in [0.25, 0.3) is 11.3 Å². The van der Waals surface area contributed by atoms with E-state index in [2.05, 4.69) is 20.5 Å². The SMILES string of the molecule is N#Cc1c(-c2ccccc2)nc(NN=Cc2ccc(OCc3cc(F)cc(F)c3)c(F)c2)[nH]c1=O. The molecule has 4 aromatic rings. The van der Waals surface area contributed by atoms with Gasteiger partial charge in [0.1, 0.15) is 29.9 Å². The number of hydrogen-bond acceptors (Lipinski definition) is 6. The van der Waals surface area contributed by atoms with Gasteiger partial charge in [0.25, 0.3) is 5.56 Å². The Hall–Kier alpha value is -4.91. The van der Waals surface area contributed by atoms with Crippen molar-refractivity contribution in [3.8, 4) is 23.1 Å². The molecular formula is C25H16F3N5O2. The third kappa shape index (κ3) is 5.72. The largest absolute Gasteiger partial charge is 0.486 e. The van der Waals surface area contributed by atoms with Gasteiger partial charge in [0, 0.05) is 11.6 Å². The lowest BCUT2D eigenvalue weighted by molar-refractivity contribution is 0.289. The summed E-state index contributed by atoms with van der Waals surface area (Å²) in [6.07, 6.45) is 1.29. The molecule has 0 spiro atoms. The standard InChI is InChI=1S/C25H16F3N5O2/c26-18-8-16(9-19(27)11-18)14-35-22-7-6-15(10-21(22)28)13-30-33-25-31-23(17-4-2-1-3-5-17)20(12-29)24(34)32-25/h1-11,13H,14H2,(H2,31,32,33,34). The molecule has 0 bridgehead atoms. The van der Waals surface area contributed by atoms with Gasteiger partial charge < -0.3 is 4.74 Å². The Labute approximate surface area is 197 Å². The molecule has 2 N–H and O–H groups in total. The average Bonchev–Trinajstić information content (AvgIpc) is 2.83. The fraction of sp³-hybridized carbons (Fsp3) is 0.0400. The number of aromatic nitrogens is 2. The number of anilines is 1. The van der Waals surface area contributed by atoms with Crippen LogP contribution in [-0.2, 0) is 6.61 Å². The van der Waals surface area contributed by atoms with E-state index in [1.807, 2.05) is 6.07 Å². The Kier molecular flexibility index (Phi) is 6.88. The summed E-state index contributed by atoms with van der Waals surface area (Å²) in [5.74, 6) is -2.33. The van der Waals surface area contributed by atoms with Crippen LogP contribution < -0.4 is 15.7 Å². The molecule has 174 valence electrons. The Balaban J connectivity index is 1.46. The van der Waals surface area contributed by atoms with Crippen molar-refractivity contribution in [2.24, 2.45) is 5.10 Å². The van der Waals surface area contributed by atoms with Crippen LogP contribution in [0.3, 0.4) is 0 Å². The number of nitrogens with one attached hydrogen (secondary N) is 2. The van der Waals surface area contributed by atoms with Crippen LogP contribution in [0.15, 0.2) is 76.6 Å². The summed E-state index contributed by atoms with van der Waals surface area (Å²) in [6, 6.07) is 17.5. The van der Waals surface area contributed by atoms with Crippen molar-refractivity contribution in [3.63, 3.8) is 0 Å². The predicted octanol–water partition coefficient (Wildman–Crippen LogP) is 4.75. The van der Waals surface area contributed by atoms with E-state index in [-0.39, 0.29) is 35.1 Å². The summed E-state index contributed by atoms with van der Waals surface area (Å²) < 4.78 is 46.2. The summed E-state index contributed by atoms with van der Waals surface area (Å²) in [6.45, 7) is -0.220. The molecule has 0 aliphatic carbocycles. The van der Waals surface area contributed by atoms with Crippen LogP contribution in [0.4, 0.5) is 19.1 Å². The summed E-state index contributed by atoms with van der Waals surface area (Å²) in [4.78, 5) is 18.9. The lowest BCUT2D eigenvalue weighted by Crippen LogP contribution is -2.16. The molecule has 0 saturated carbocycles. The number of hydrazone groups is 1. The second kappa shape index (κ2) is 10.4. The van der Waals surface area contributed by atoms with Gasteiger partial charge in [0.15, 0.2) is 11.6 Å². The lowest BCUT2D eigenvalue weighted by Gasteiger charge is -2.08. The van der Waals surface area contributed by atoms with Crippen LogP contribution in [0.5, 0.6) is 5.75 Å². The molecule has 0 saturated heterocycles. The highest BCUT2D eigenvalue weighted by molar-refractivity contribution is 5.80. The number of aromatic amines is 1. The van der Waals surface area contributed by atoms with Crippen LogP contribution in [-0.4, -0.2) is 16.2 Å². The molecule has 1 heterocycles. The Morgan fingerprint density at radius 3 is 2.49 bits per heavy atom. The fourth-order valence-electron chi connectivity index (χ4n) is 3.17. The molecule has 0 atom stereocenters. The van der Waals surface area contributed by atoms with E-state index in [1.54, 1.807) is 30.3 Å². The first-order valence-electron chi connectivity index (χ1n) is 10.2. The zero-order valence-corrected chi connectivity index (χ0v) is 17.9.